The molecule has 0 spiro atoms. The van der Waals surface area contributed by atoms with Gasteiger partial charge in [0.25, 0.3) is 0 Å². The minimum absolute atomic E-state index is 0.0111. The fraction of sp³-hybridized carbons (Fsp3) is 0.596. The lowest BCUT2D eigenvalue weighted by Gasteiger charge is -2.36. The van der Waals surface area contributed by atoms with Crippen molar-refractivity contribution in [3.05, 3.63) is 65.7 Å². The molecule has 2 aromatic rings. The first-order valence-corrected chi connectivity index (χ1v) is 24.9. The van der Waals surface area contributed by atoms with Gasteiger partial charge in [-0.2, -0.15) is 0 Å². The number of aromatic hydroxyl groups is 1. The van der Waals surface area contributed by atoms with Crippen LogP contribution >= 0.6 is 0 Å². The van der Waals surface area contributed by atoms with Crippen molar-refractivity contribution in [2.75, 3.05) is 20.1 Å². The van der Waals surface area contributed by atoms with Gasteiger partial charge in [0, 0.05) is 39.9 Å². The van der Waals surface area contributed by atoms with Gasteiger partial charge in [-0.1, -0.05) is 84.0 Å². The van der Waals surface area contributed by atoms with Crippen LogP contribution in [-0.2, 0) is 60.7 Å². The van der Waals surface area contributed by atoms with Gasteiger partial charge in [0.1, 0.15) is 60.2 Å². The van der Waals surface area contributed by atoms with E-state index in [0.29, 0.717) is 24.0 Å². The second-order valence-electron chi connectivity index (χ2n) is 20.4. The van der Waals surface area contributed by atoms with E-state index in [2.05, 4.69) is 26.6 Å². The Hall–Kier alpha value is -6.53. The van der Waals surface area contributed by atoms with Crippen LogP contribution in [0.3, 0.4) is 0 Å². The molecule has 0 radical (unpaired) electrons. The summed E-state index contributed by atoms with van der Waals surface area (Å²) >= 11 is 0. The lowest BCUT2D eigenvalue weighted by Crippen LogP contribution is -2.61. The third kappa shape index (κ3) is 14.8. The van der Waals surface area contributed by atoms with Crippen molar-refractivity contribution in [2.45, 2.75) is 161 Å². The van der Waals surface area contributed by atoms with Crippen molar-refractivity contribution in [3.63, 3.8) is 0 Å². The predicted octanol–water partition coefficient (Wildman–Crippen LogP) is 2.12. The monoisotopic (exact) mass is 987 g/mol. The van der Waals surface area contributed by atoms with E-state index >= 15 is 0 Å². The maximum absolute atomic E-state index is 14.9. The van der Waals surface area contributed by atoms with Crippen molar-refractivity contribution in [2.24, 2.45) is 17.8 Å². The van der Waals surface area contributed by atoms with Crippen molar-refractivity contribution in [1.82, 2.24) is 41.3 Å². The standard InChI is InChI=1S/C52H74N8O11/c1-29(2)25-37-46(64)57-43(31(5)6)51(69)59-23-13-17-40(59)47(65)56-39(26-30(3)4)49(67)58(9)42(28-35-19-21-36(62)22-20-35)50(68)60-24-14-18-41(60)52(70)71-32(7)44(53-33(8)61)48(66)55-38(45(63)54-37)27-34-15-11-10-12-16-34/h10-12,15-16,19-22,29-32,37-44,62H,13-14,17-18,23-28H2,1-9H3,(H,53,61)(H,54,63)(H,55,66)(H,56,65)(H,57,64)/t32-,37?,38+,39?,40+,41+,42+,43+,44?/m1/s1. The summed E-state index contributed by atoms with van der Waals surface area (Å²) in [5, 5.41) is 23.9. The van der Waals surface area contributed by atoms with Crippen molar-refractivity contribution in [3.8, 4) is 5.75 Å². The van der Waals surface area contributed by atoms with Crippen molar-refractivity contribution < 1.29 is 53.0 Å². The second kappa shape index (κ2) is 25.0. The smallest absolute Gasteiger partial charge is 0.329 e. The summed E-state index contributed by atoms with van der Waals surface area (Å²) in [5.74, 6) is -6.75. The van der Waals surface area contributed by atoms with Gasteiger partial charge in [0.15, 0.2) is 0 Å². The summed E-state index contributed by atoms with van der Waals surface area (Å²) < 4.78 is 5.91. The molecule has 8 amide bonds. The Kier molecular flexibility index (Phi) is 19.5. The molecule has 71 heavy (non-hydrogen) atoms. The molecule has 3 fully saturated rings. The highest BCUT2D eigenvalue weighted by molar-refractivity contribution is 5.98. The zero-order chi connectivity index (χ0) is 52.3. The molecule has 19 heteroatoms. The Morgan fingerprint density at radius 1 is 0.662 bits per heavy atom. The minimum atomic E-state index is -1.52. The van der Waals surface area contributed by atoms with Gasteiger partial charge in [-0.15, -0.1) is 0 Å². The number of nitrogens with zero attached hydrogens (tertiary/aromatic N) is 3. The maximum Gasteiger partial charge on any atom is 0.329 e. The number of amides is 8. The Morgan fingerprint density at radius 2 is 1.20 bits per heavy atom. The summed E-state index contributed by atoms with van der Waals surface area (Å²) in [6.45, 7) is 13.9. The summed E-state index contributed by atoms with van der Waals surface area (Å²) in [6, 6.07) is 5.30. The number of likely N-dealkylation sites (N-methyl/N-ethyl adjacent to an activating group) is 1. The first-order chi connectivity index (χ1) is 33.6. The van der Waals surface area contributed by atoms with Crippen molar-refractivity contribution in [1.29, 1.82) is 0 Å². The van der Waals surface area contributed by atoms with Gasteiger partial charge < -0.3 is 51.1 Å². The summed E-state index contributed by atoms with van der Waals surface area (Å²) in [5.41, 5.74) is 1.25. The van der Waals surface area contributed by atoms with Crippen LogP contribution in [0.1, 0.15) is 105 Å². The molecule has 19 nitrogen and oxygen atoms in total. The Bertz CT molecular complexity index is 2240. The van der Waals surface area contributed by atoms with E-state index in [-0.39, 0.29) is 69.2 Å². The number of ether oxygens (including phenoxy) is 1. The molecule has 3 unspecified atom stereocenters. The molecule has 3 saturated heterocycles. The highest BCUT2D eigenvalue weighted by Gasteiger charge is 2.45. The van der Waals surface area contributed by atoms with Gasteiger partial charge in [-0.25, -0.2) is 4.79 Å². The van der Waals surface area contributed by atoms with Crippen LogP contribution in [-0.4, -0.2) is 148 Å². The van der Waals surface area contributed by atoms with Gasteiger partial charge in [0.2, 0.25) is 47.3 Å². The Labute approximate surface area is 416 Å². The van der Waals surface area contributed by atoms with Crippen LogP contribution in [0, 0.1) is 17.8 Å². The Balaban J connectivity index is 1.60. The van der Waals surface area contributed by atoms with E-state index in [9.17, 15) is 48.3 Å². The van der Waals surface area contributed by atoms with Crippen LogP contribution in [0.4, 0.5) is 0 Å². The molecule has 0 aromatic heterocycles. The average molecular weight is 987 g/mol. The molecule has 2 aromatic carbocycles. The molecule has 6 N–H and O–H groups in total. The minimum Gasteiger partial charge on any atom is -0.508 e. The molecule has 0 saturated carbocycles. The molecular weight excluding hydrogens is 913 g/mol. The van der Waals surface area contributed by atoms with E-state index in [1.807, 2.05) is 27.7 Å². The maximum atomic E-state index is 14.9. The molecule has 3 heterocycles. The SMILES string of the molecule is CC(=O)NC1C(=O)N[C@@H](Cc2ccccc2)C(=O)NC(CC(C)C)C(=O)N[C@@H](C(C)C)C(=O)N2CCC[C@H]2C(=O)NC(CC(C)C)C(=O)N(C)[C@@H](Cc2ccc(O)cc2)C(=O)N2CCC[C@H]2C(=O)O[C@@H]1C. The average Bonchev–Trinajstić information content (AvgIpc) is 4.02. The van der Waals surface area contributed by atoms with E-state index in [4.69, 9.17) is 4.74 Å². The Morgan fingerprint density at radius 3 is 1.79 bits per heavy atom. The van der Waals surface area contributed by atoms with Crippen molar-refractivity contribution >= 4 is 53.2 Å². The number of carbonyl (C=O) groups excluding carboxylic acids is 9. The molecule has 388 valence electrons. The van der Waals surface area contributed by atoms with E-state index in [0.717, 1.165) is 0 Å². The largest absolute Gasteiger partial charge is 0.508 e. The van der Waals surface area contributed by atoms with Crippen LogP contribution < -0.4 is 26.6 Å². The number of rotatable bonds is 10. The highest BCUT2D eigenvalue weighted by atomic mass is 16.5. The van der Waals surface area contributed by atoms with Gasteiger partial charge in [0.05, 0.1) is 0 Å². The first kappa shape index (κ1) is 55.4. The van der Waals surface area contributed by atoms with Crippen LogP contribution in [0.5, 0.6) is 5.75 Å². The predicted molar refractivity (Wildman–Crippen MR) is 263 cm³/mol. The zero-order valence-corrected chi connectivity index (χ0v) is 42.6. The zero-order valence-electron chi connectivity index (χ0n) is 42.6. The number of phenolic OH excluding ortho intramolecular Hbond substituents is 1. The van der Waals surface area contributed by atoms with Gasteiger partial charge in [-0.05, 0) is 86.5 Å². The van der Waals surface area contributed by atoms with Crippen LogP contribution in [0.15, 0.2) is 54.6 Å². The number of hydrogen-bond donors (Lipinski definition) is 6. The highest BCUT2D eigenvalue weighted by Crippen LogP contribution is 2.26. The molecule has 3 aliphatic rings. The molecule has 0 bridgehead atoms. The van der Waals surface area contributed by atoms with E-state index in [1.54, 1.807) is 56.3 Å². The molecule has 5 rings (SSSR count). The van der Waals surface area contributed by atoms with E-state index in [1.165, 1.54) is 47.7 Å². The third-order valence-electron chi connectivity index (χ3n) is 13.3. The third-order valence-corrected chi connectivity index (χ3v) is 13.3. The van der Waals surface area contributed by atoms with Crippen LogP contribution in [0.2, 0.25) is 0 Å². The fourth-order valence-corrected chi connectivity index (χ4v) is 9.56. The summed E-state index contributed by atoms with van der Waals surface area (Å²) in [6.07, 6.45) is 0.239. The topological polar surface area (TPSA) is 253 Å². The molecule has 0 aliphatic carbocycles. The number of fused-ring (bicyclic) bond motifs is 2. The number of phenols is 1. The molecule has 3 aliphatic heterocycles. The summed E-state index contributed by atoms with van der Waals surface area (Å²) in [7, 11) is 1.46. The lowest BCUT2D eigenvalue weighted by atomic mass is 9.98. The number of carbonyl (C=O) groups is 9. The van der Waals surface area contributed by atoms with Crippen LogP contribution in [0.25, 0.3) is 0 Å². The molecule has 9 atom stereocenters. The molecular formula is C52H74N8O11. The summed E-state index contributed by atoms with van der Waals surface area (Å²) in [4.78, 5) is 133. The second-order valence-corrected chi connectivity index (χ2v) is 20.4. The van der Waals surface area contributed by atoms with Gasteiger partial charge >= 0.3 is 5.97 Å². The normalized spacial score (nSPS) is 27.0. The number of esters is 1. The number of nitrogens with one attached hydrogen (secondary N) is 5. The van der Waals surface area contributed by atoms with E-state index < -0.39 is 114 Å². The van der Waals surface area contributed by atoms with Gasteiger partial charge in [-0.3, -0.25) is 38.4 Å². The lowest BCUT2D eigenvalue weighted by molar-refractivity contribution is -0.161. The number of cyclic esters (lactones) is 1. The fourth-order valence-electron chi connectivity index (χ4n) is 9.56. The number of hydrogen-bond acceptors (Lipinski definition) is 11. The first-order valence-electron chi connectivity index (χ1n) is 24.9. The quantitative estimate of drug-likeness (QED) is 0.188. The number of benzene rings is 2.